The minimum Gasteiger partial charge on any atom is -0.493 e. The van der Waals surface area contributed by atoms with Gasteiger partial charge in [-0.15, -0.1) is 0 Å². The third kappa shape index (κ3) is 3.77. The smallest absolute Gasteiger partial charge is 0.122 e. The van der Waals surface area contributed by atoms with Crippen LogP contribution >= 0.6 is 12.6 Å². The molecule has 2 rings (SSSR count). The summed E-state index contributed by atoms with van der Waals surface area (Å²) < 4.78 is 5.99. The zero-order chi connectivity index (χ0) is 13.5. The Kier molecular flexibility index (Phi) is 5.34. The average molecular weight is 272 g/mol. The number of para-hydroxylation sites is 1. The number of benzene rings is 2. The van der Waals surface area contributed by atoms with Crippen molar-refractivity contribution >= 4 is 12.6 Å². The van der Waals surface area contributed by atoms with Gasteiger partial charge in [0.05, 0.1) is 6.61 Å². The van der Waals surface area contributed by atoms with Crippen molar-refractivity contribution in [3.8, 4) is 5.75 Å². The van der Waals surface area contributed by atoms with E-state index in [1.54, 1.807) is 0 Å². The predicted molar refractivity (Wildman–Crippen MR) is 84.4 cm³/mol. The van der Waals surface area contributed by atoms with Gasteiger partial charge in [0.2, 0.25) is 0 Å². The molecule has 100 valence electrons. The van der Waals surface area contributed by atoms with Crippen LogP contribution in [0.1, 0.15) is 24.0 Å². The van der Waals surface area contributed by atoms with Crippen molar-refractivity contribution in [2.24, 2.45) is 0 Å². The fourth-order valence-corrected chi connectivity index (χ4v) is 2.42. The number of hydrogen-bond acceptors (Lipinski definition) is 2. The van der Waals surface area contributed by atoms with Crippen molar-refractivity contribution in [1.82, 2.24) is 0 Å². The third-order valence-electron chi connectivity index (χ3n) is 3.28. The van der Waals surface area contributed by atoms with Crippen LogP contribution in [0, 0.1) is 0 Å². The van der Waals surface area contributed by atoms with E-state index in [4.69, 9.17) is 4.74 Å². The molecule has 0 fully saturated rings. The van der Waals surface area contributed by atoms with E-state index in [0.29, 0.717) is 12.5 Å². The van der Waals surface area contributed by atoms with Gasteiger partial charge in [-0.05, 0) is 23.6 Å². The molecule has 0 amide bonds. The van der Waals surface area contributed by atoms with Crippen LogP contribution < -0.4 is 4.74 Å². The summed E-state index contributed by atoms with van der Waals surface area (Å²) in [6.07, 6.45) is 0.993. The highest BCUT2D eigenvalue weighted by Crippen LogP contribution is 2.22. The van der Waals surface area contributed by atoms with E-state index in [1.165, 1.54) is 11.1 Å². The molecule has 0 spiro atoms. The van der Waals surface area contributed by atoms with Crippen LogP contribution in [0.5, 0.6) is 5.75 Å². The molecule has 0 radical (unpaired) electrons. The summed E-state index contributed by atoms with van der Waals surface area (Å²) in [5, 5.41) is 0. The molecule has 0 aliphatic rings. The van der Waals surface area contributed by atoms with Crippen molar-refractivity contribution in [2.75, 3.05) is 12.4 Å². The first-order valence-electron chi connectivity index (χ1n) is 6.71. The second-order valence-corrected chi connectivity index (χ2v) is 4.93. The first-order chi connectivity index (χ1) is 9.35. The van der Waals surface area contributed by atoms with Gasteiger partial charge in [-0.1, -0.05) is 55.5 Å². The van der Waals surface area contributed by atoms with Crippen molar-refractivity contribution < 1.29 is 4.74 Å². The van der Waals surface area contributed by atoms with Crippen molar-refractivity contribution in [2.45, 2.75) is 19.3 Å². The van der Waals surface area contributed by atoms with Crippen LogP contribution in [0.2, 0.25) is 0 Å². The second kappa shape index (κ2) is 7.25. The summed E-state index contributed by atoms with van der Waals surface area (Å²) in [6, 6.07) is 18.7. The van der Waals surface area contributed by atoms with Crippen LogP contribution in [0.25, 0.3) is 0 Å². The van der Waals surface area contributed by atoms with Gasteiger partial charge < -0.3 is 4.74 Å². The summed E-state index contributed by atoms with van der Waals surface area (Å²) in [4.78, 5) is 0. The number of aryl methyl sites for hydroxylation is 1. The molecule has 0 heterocycles. The van der Waals surface area contributed by atoms with Crippen molar-refractivity contribution in [1.29, 1.82) is 0 Å². The minimum atomic E-state index is 0.328. The van der Waals surface area contributed by atoms with Crippen LogP contribution in [-0.2, 0) is 6.42 Å². The molecule has 1 unspecified atom stereocenters. The highest BCUT2D eigenvalue weighted by atomic mass is 32.1. The summed E-state index contributed by atoms with van der Waals surface area (Å²) in [6.45, 7) is 2.82. The van der Waals surface area contributed by atoms with E-state index in [9.17, 15) is 0 Å². The van der Waals surface area contributed by atoms with Gasteiger partial charge in [-0.25, -0.2) is 0 Å². The SMILES string of the molecule is CCc1ccccc1OCC(CS)c1ccccc1. The largest absolute Gasteiger partial charge is 0.493 e. The maximum absolute atomic E-state index is 5.99. The predicted octanol–water partition coefficient (Wildman–Crippen LogP) is 4.34. The van der Waals surface area contributed by atoms with Crippen LogP contribution in [0.4, 0.5) is 0 Å². The number of thiol groups is 1. The lowest BCUT2D eigenvalue weighted by Gasteiger charge is -2.17. The summed E-state index contributed by atoms with van der Waals surface area (Å²) >= 11 is 4.44. The molecule has 2 heteroatoms. The monoisotopic (exact) mass is 272 g/mol. The Bertz CT molecular complexity index is 496. The summed E-state index contributed by atoms with van der Waals surface area (Å²) in [5.41, 5.74) is 2.54. The Labute approximate surface area is 121 Å². The maximum Gasteiger partial charge on any atom is 0.122 e. The molecule has 0 saturated heterocycles. The van der Waals surface area contributed by atoms with Crippen LogP contribution in [0.15, 0.2) is 54.6 Å². The Morgan fingerprint density at radius 3 is 2.37 bits per heavy atom. The molecule has 1 nitrogen and oxygen atoms in total. The van der Waals surface area contributed by atoms with Gasteiger partial charge in [0, 0.05) is 11.7 Å². The van der Waals surface area contributed by atoms with E-state index in [-0.39, 0.29) is 0 Å². The fraction of sp³-hybridized carbons (Fsp3) is 0.294. The highest BCUT2D eigenvalue weighted by Gasteiger charge is 2.11. The van der Waals surface area contributed by atoms with Gasteiger partial charge in [0.1, 0.15) is 5.75 Å². The number of ether oxygens (including phenoxy) is 1. The van der Waals surface area contributed by atoms with Gasteiger partial charge in [-0.3, -0.25) is 0 Å². The van der Waals surface area contributed by atoms with Gasteiger partial charge in [-0.2, -0.15) is 12.6 Å². The lowest BCUT2D eigenvalue weighted by Crippen LogP contribution is -2.12. The molecular formula is C17H20OS. The molecule has 0 aliphatic heterocycles. The molecule has 1 atom stereocenters. The van der Waals surface area contributed by atoms with Crippen LogP contribution in [0.3, 0.4) is 0 Å². The Morgan fingerprint density at radius 1 is 1.00 bits per heavy atom. The maximum atomic E-state index is 5.99. The molecular weight excluding hydrogens is 252 g/mol. The molecule has 0 saturated carbocycles. The molecule has 2 aromatic carbocycles. The standard InChI is InChI=1S/C17H20OS/c1-2-14-8-6-7-11-17(14)18-12-16(13-19)15-9-4-3-5-10-15/h3-11,16,19H,2,12-13H2,1H3. The highest BCUT2D eigenvalue weighted by molar-refractivity contribution is 7.80. The van der Waals surface area contributed by atoms with E-state index >= 15 is 0 Å². The fourth-order valence-electron chi connectivity index (χ4n) is 2.11. The summed E-state index contributed by atoms with van der Waals surface area (Å²) in [5.74, 6) is 2.11. The van der Waals surface area contributed by atoms with Gasteiger partial charge in [0.15, 0.2) is 0 Å². The minimum absolute atomic E-state index is 0.328. The van der Waals surface area contributed by atoms with Gasteiger partial charge >= 0.3 is 0 Å². The van der Waals surface area contributed by atoms with Crippen molar-refractivity contribution in [3.05, 3.63) is 65.7 Å². The molecule has 0 N–H and O–H groups in total. The zero-order valence-corrected chi connectivity index (χ0v) is 12.1. The molecule has 19 heavy (non-hydrogen) atoms. The van der Waals surface area contributed by atoms with Crippen molar-refractivity contribution in [3.63, 3.8) is 0 Å². The zero-order valence-electron chi connectivity index (χ0n) is 11.3. The quantitative estimate of drug-likeness (QED) is 0.770. The topological polar surface area (TPSA) is 9.23 Å². The van der Waals surface area contributed by atoms with E-state index in [2.05, 4.69) is 56.0 Å². The Hall–Kier alpha value is -1.41. The Morgan fingerprint density at radius 2 is 1.68 bits per heavy atom. The third-order valence-corrected chi connectivity index (χ3v) is 3.73. The normalized spacial score (nSPS) is 12.1. The molecule has 0 aromatic heterocycles. The molecule has 0 aliphatic carbocycles. The first-order valence-corrected chi connectivity index (χ1v) is 7.35. The molecule has 2 aromatic rings. The lowest BCUT2D eigenvalue weighted by atomic mass is 10.0. The van der Waals surface area contributed by atoms with Crippen LogP contribution in [-0.4, -0.2) is 12.4 Å². The first kappa shape index (κ1) is 14.0. The summed E-state index contributed by atoms with van der Waals surface area (Å²) in [7, 11) is 0. The Balaban J connectivity index is 2.04. The van der Waals surface area contributed by atoms with E-state index < -0.39 is 0 Å². The molecule has 0 bridgehead atoms. The second-order valence-electron chi connectivity index (χ2n) is 4.56. The average Bonchev–Trinajstić information content (AvgIpc) is 2.49. The number of rotatable bonds is 6. The van der Waals surface area contributed by atoms with E-state index in [0.717, 1.165) is 17.9 Å². The van der Waals surface area contributed by atoms with E-state index in [1.807, 2.05) is 18.2 Å². The van der Waals surface area contributed by atoms with Gasteiger partial charge in [0.25, 0.3) is 0 Å². The lowest BCUT2D eigenvalue weighted by molar-refractivity contribution is 0.295. The number of hydrogen-bond donors (Lipinski definition) is 1.